The average Bonchev–Trinajstić information content (AvgIpc) is 3.27. The summed E-state index contributed by atoms with van der Waals surface area (Å²) in [6, 6.07) is 12.2. The molecule has 0 saturated carbocycles. The number of nitrogens with one attached hydrogen (secondary N) is 1. The van der Waals surface area contributed by atoms with Crippen LogP contribution in [0.5, 0.6) is 5.75 Å². The molecule has 2 heterocycles. The van der Waals surface area contributed by atoms with Crippen molar-refractivity contribution in [3.05, 3.63) is 54.0 Å². The van der Waals surface area contributed by atoms with Gasteiger partial charge in [0, 0.05) is 26.1 Å². The first-order chi connectivity index (χ1) is 11.3. The van der Waals surface area contributed by atoms with Gasteiger partial charge in [-0.05, 0) is 36.2 Å². The van der Waals surface area contributed by atoms with Crippen molar-refractivity contribution >= 4 is 29.9 Å². The largest absolute Gasteiger partial charge is 0.497 e. The van der Waals surface area contributed by atoms with Gasteiger partial charge in [-0.25, -0.2) is 0 Å². The first kappa shape index (κ1) is 18.6. The molecule has 0 bridgehead atoms. The highest BCUT2D eigenvalue weighted by atomic mass is 127. The van der Waals surface area contributed by atoms with Gasteiger partial charge in [-0.3, -0.25) is 4.99 Å². The van der Waals surface area contributed by atoms with E-state index in [1.807, 2.05) is 31.3 Å². The van der Waals surface area contributed by atoms with Crippen LogP contribution in [0.2, 0.25) is 0 Å². The predicted molar refractivity (Wildman–Crippen MR) is 106 cm³/mol. The standard InChI is InChI=1S/C18H23N3O2.HI/c1-19-18(20-12-17-4-3-11-23-17)21-10-9-15(13-21)14-5-7-16(22-2)8-6-14;/h3-8,11,15H,9-10,12-13H2,1-2H3,(H,19,20);1H. The van der Waals surface area contributed by atoms with Crippen LogP contribution in [0.15, 0.2) is 52.1 Å². The molecule has 1 fully saturated rings. The number of halogens is 1. The Kier molecular flexibility index (Phi) is 6.96. The molecule has 6 heteroatoms. The highest BCUT2D eigenvalue weighted by Gasteiger charge is 2.26. The molecule has 3 rings (SSSR count). The maximum atomic E-state index is 5.36. The molecule has 1 atom stereocenters. The number of nitrogens with zero attached hydrogens (tertiary/aromatic N) is 2. The number of aliphatic imine (C=N–C) groups is 1. The number of hydrogen-bond donors (Lipinski definition) is 1. The van der Waals surface area contributed by atoms with Crippen molar-refractivity contribution in [1.82, 2.24) is 10.2 Å². The summed E-state index contributed by atoms with van der Waals surface area (Å²) in [5.41, 5.74) is 1.36. The van der Waals surface area contributed by atoms with Gasteiger partial charge in [0.25, 0.3) is 0 Å². The van der Waals surface area contributed by atoms with E-state index < -0.39 is 0 Å². The summed E-state index contributed by atoms with van der Waals surface area (Å²) in [6.07, 6.45) is 2.82. The molecule has 130 valence electrons. The Balaban J connectivity index is 0.00000208. The normalized spacial score (nSPS) is 17.5. The summed E-state index contributed by atoms with van der Waals surface area (Å²) in [7, 11) is 3.52. The number of benzene rings is 1. The molecular formula is C18H24IN3O2. The molecule has 1 aliphatic heterocycles. The second-order valence-corrected chi connectivity index (χ2v) is 5.68. The van der Waals surface area contributed by atoms with E-state index in [0.29, 0.717) is 12.5 Å². The van der Waals surface area contributed by atoms with Crippen molar-refractivity contribution in [3.8, 4) is 5.75 Å². The number of ether oxygens (including phenoxy) is 1. The van der Waals surface area contributed by atoms with Crippen molar-refractivity contribution in [2.45, 2.75) is 18.9 Å². The van der Waals surface area contributed by atoms with Gasteiger partial charge in [0.1, 0.15) is 11.5 Å². The second-order valence-electron chi connectivity index (χ2n) is 5.68. The van der Waals surface area contributed by atoms with Crippen LogP contribution in [0.4, 0.5) is 0 Å². The monoisotopic (exact) mass is 441 g/mol. The summed E-state index contributed by atoms with van der Waals surface area (Å²) in [5, 5.41) is 3.37. The third-order valence-corrected chi connectivity index (χ3v) is 4.29. The summed E-state index contributed by atoms with van der Waals surface area (Å²) in [5.74, 6) is 3.28. The van der Waals surface area contributed by atoms with Crippen molar-refractivity contribution in [2.24, 2.45) is 4.99 Å². The fourth-order valence-corrected chi connectivity index (χ4v) is 3.01. The molecule has 0 spiro atoms. The van der Waals surface area contributed by atoms with E-state index in [-0.39, 0.29) is 24.0 Å². The van der Waals surface area contributed by atoms with E-state index in [0.717, 1.165) is 37.0 Å². The zero-order valence-electron chi connectivity index (χ0n) is 14.1. The SMILES string of the molecule is CN=C(NCc1ccco1)N1CCC(c2ccc(OC)cc2)C1.I. The fourth-order valence-electron chi connectivity index (χ4n) is 3.01. The highest BCUT2D eigenvalue weighted by Crippen LogP contribution is 2.28. The third-order valence-electron chi connectivity index (χ3n) is 4.29. The van der Waals surface area contributed by atoms with E-state index >= 15 is 0 Å². The average molecular weight is 441 g/mol. The van der Waals surface area contributed by atoms with Crippen LogP contribution in [0.25, 0.3) is 0 Å². The van der Waals surface area contributed by atoms with Gasteiger partial charge < -0.3 is 19.4 Å². The summed E-state index contributed by atoms with van der Waals surface area (Å²) >= 11 is 0. The van der Waals surface area contributed by atoms with Crippen LogP contribution < -0.4 is 10.1 Å². The van der Waals surface area contributed by atoms with Gasteiger partial charge in [-0.15, -0.1) is 24.0 Å². The number of furan rings is 1. The zero-order valence-corrected chi connectivity index (χ0v) is 16.4. The molecule has 0 aliphatic carbocycles. The van der Waals surface area contributed by atoms with Crippen molar-refractivity contribution in [3.63, 3.8) is 0 Å². The Morgan fingerprint density at radius 2 is 2.12 bits per heavy atom. The minimum absolute atomic E-state index is 0. The molecule has 1 saturated heterocycles. The molecule has 1 aromatic carbocycles. The minimum atomic E-state index is 0. The quantitative estimate of drug-likeness (QED) is 0.449. The highest BCUT2D eigenvalue weighted by molar-refractivity contribution is 14.0. The summed E-state index contributed by atoms with van der Waals surface area (Å²) in [6.45, 7) is 2.64. The molecule has 5 nitrogen and oxygen atoms in total. The molecule has 2 aromatic rings. The first-order valence-corrected chi connectivity index (χ1v) is 7.92. The summed E-state index contributed by atoms with van der Waals surface area (Å²) in [4.78, 5) is 6.70. The summed E-state index contributed by atoms with van der Waals surface area (Å²) < 4.78 is 10.6. The van der Waals surface area contributed by atoms with Crippen LogP contribution in [-0.2, 0) is 6.54 Å². The smallest absolute Gasteiger partial charge is 0.194 e. The molecule has 1 unspecified atom stereocenters. The van der Waals surface area contributed by atoms with E-state index in [2.05, 4.69) is 27.3 Å². The van der Waals surface area contributed by atoms with E-state index in [9.17, 15) is 0 Å². The van der Waals surface area contributed by atoms with Gasteiger partial charge in [0.15, 0.2) is 5.96 Å². The number of guanidine groups is 1. The molecule has 1 aliphatic rings. The van der Waals surface area contributed by atoms with Crippen molar-refractivity contribution in [1.29, 1.82) is 0 Å². The Hall–Kier alpha value is -1.70. The predicted octanol–water partition coefficient (Wildman–Crippen LogP) is 3.47. The Labute approximate surface area is 160 Å². The number of rotatable bonds is 4. The maximum Gasteiger partial charge on any atom is 0.194 e. The van der Waals surface area contributed by atoms with E-state index in [1.54, 1.807) is 13.4 Å². The van der Waals surface area contributed by atoms with Gasteiger partial charge in [-0.2, -0.15) is 0 Å². The Bertz CT molecular complexity index is 641. The first-order valence-electron chi connectivity index (χ1n) is 7.92. The molecule has 0 amide bonds. The lowest BCUT2D eigenvalue weighted by atomic mass is 9.98. The van der Waals surface area contributed by atoms with Gasteiger partial charge >= 0.3 is 0 Å². The topological polar surface area (TPSA) is 50.0 Å². The van der Waals surface area contributed by atoms with Crippen molar-refractivity contribution < 1.29 is 9.15 Å². The fraction of sp³-hybridized carbons (Fsp3) is 0.389. The molecule has 0 radical (unpaired) electrons. The minimum Gasteiger partial charge on any atom is -0.497 e. The van der Waals surface area contributed by atoms with Gasteiger partial charge in [0.05, 0.1) is 19.9 Å². The molecule has 1 aromatic heterocycles. The lowest BCUT2D eigenvalue weighted by molar-refractivity contribution is 0.414. The molecular weight excluding hydrogens is 417 g/mol. The Morgan fingerprint density at radius 3 is 2.75 bits per heavy atom. The van der Waals surface area contributed by atoms with Crippen LogP contribution in [0.1, 0.15) is 23.7 Å². The van der Waals surface area contributed by atoms with E-state index in [1.165, 1.54) is 5.56 Å². The van der Waals surface area contributed by atoms with Crippen LogP contribution >= 0.6 is 24.0 Å². The molecule has 24 heavy (non-hydrogen) atoms. The van der Waals surface area contributed by atoms with Crippen LogP contribution in [0.3, 0.4) is 0 Å². The van der Waals surface area contributed by atoms with Crippen LogP contribution in [0, 0.1) is 0 Å². The lowest BCUT2D eigenvalue weighted by Gasteiger charge is -2.21. The Morgan fingerprint density at radius 1 is 1.33 bits per heavy atom. The lowest BCUT2D eigenvalue weighted by Crippen LogP contribution is -2.39. The van der Waals surface area contributed by atoms with Crippen LogP contribution in [-0.4, -0.2) is 38.1 Å². The van der Waals surface area contributed by atoms with Gasteiger partial charge in [-0.1, -0.05) is 12.1 Å². The number of hydrogen-bond acceptors (Lipinski definition) is 3. The van der Waals surface area contributed by atoms with Crippen molar-refractivity contribution in [2.75, 3.05) is 27.2 Å². The van der Waals surface area contributed by atoms with E-state index in [4.69, 9.17) is 9.15 Å². The second kappa shape index (κ2) is 8.96. The number of methoxy groups -OCH3 is 1. The number of likely N-dealkylation sites (tertiary alicyclic amines) is 1. The third kappa shape index (κ3) is 4.43. The zero-order chi connectivity index (χ0) is 16.1. The maximum absolute atomic E-state index is 5.36. The van der Waals surface area contributed by atoms with Gasteiger partial charge in [0.2, 0.25) is 0 Å². The molecule has 1 N–H and O–H groups in total.